The largest absolute Gasteiger partial charge is 0.327 e. The summed E-state index contributed by atoms with van der Waals surface area (Å²) in [5.41, 5.74) is 9.99. The average Bonchev–Trinajstić information content (AvgIpc) is 2.82. The number of nitrogens with two attached hydrogens (primary N) is 1. The number of hydrogen-bond donors (Lipinski definition) is 2. The van der Waals surface area contributed by atoms with Gasteiger partial charge in [0.1, 0.15) is 0 Å². The molecular formula is C12H17N3. The van der Waals surface area contributed by atoms with Gasteiger partial charge in [0.15, 0.2) is 0 Å². The molecule has 0 amide bonds. The van der Waals surface area contributed by atoms with Crippen molar-refractivity contribution in [3.63, 3.8) is 0 Å². The molecule has 1 saturated heterocycles. The number of pyridine rings is 1. The fourth-order valence-corrected chi connectivity index (χ4v) is 2.69. The first-order valence-electron chi connectivity index (χ1n) is 5.77. The highest BCUT2D eigenvalue weighted by Gasteiger charge is 2.22. The molecular weight excluding hydrogens is 186 g/mol. The van der Waals surface area contributed by atoms with Crippen molar-refractivity contribution in [1.82, 2.24) is 10.3 Å². The fourth-order valence-electron chi connectivity index (χ4n) is 2.69. The van der Waals surface area contributed by atoms with Crippen LogP contribution in [0.1, 0.15) is 29.2 Å². The van der Waals surface area contributed by atoms with Gasteiger partial charge < -0.3 is 11.1 Å². The van der Waals surface area contributed by atoms with Gasteiger partial charge in [0.05, 0.1) is 0 Å². The molecule has 3 nitrogen and oxygen atoms in total. The molecule has 1 aliphatic carbocycles. The molecule has 0 aromatic carbocycles. The lowest BCUT2D eigenvalue weighted by Gasteiger charge is -2.09. The van der Waals surface area contributed by atoms with E-state index < -0.39 is 0 Å². The third-order valence-corrected chi connectivity index (χ3v) is 3.55. The summed E-state index contributed by atoms with van der Waals surface area (Å²) in [6.45, 7) is 2.21. The molecule has 2 heterocycles. The van der Waals surface area contributed by atoms with Crippen LogP contribution >= 0.6 is 0 Å². The van der Waals surface area contributed by atoms with E-state index in [1.54, 1.807) is 0 Å². The number of aromatic nitrogens is 1. The average molecular weight is 203 g/mol. The van der Waals surface area contributed by atoms with Crippen molar-refractivity contribution in [3.05, 3.63) is 29.1 Å². The van der Waals surface area contributed by atoms with Gasteiger partial charge in [-0.2, -0.15) is 0 Å². The maximum absolute atomic E-state index is 5.95. The Bertz CT molecular complexity index is 369. The lowest BCUT2D eigenvalue weighted by atomic mass is 10.0. The van der Waals surface area contributed by atoms with Crippen LogP contribution in [0.15, 0.2) is 12.3 Å². The summed E-state index contributed by atoms with van der Waals surface area (Å²) in [7, 11) is 0. The molecule has 0 spiro atoms. The third kappa shape index (κ3) is 1.66. The number of fused-ring (bicyclic) bond motifs is 1. The lowest BCUT2D eigenvalue weighted by Crippen LogP contribution is -2.19. The first kappa shape index (κ1) is 9.31. The Morgan fingerprint density at radius 3 is 3.00 bits per heavy atom. The van der Waals surface area contributed by atoms with Gasteiger partial charge in [0.2, 0.25) is 0 Å². The Morgan fingerprint density at radius 1 is 1.33 bits per heavy atom. The number of nitrogens with zero attached hydrogens (tertiary/aromatic N) is 1. The summed E-state index contributed by atoms with van der Waals surface area (Å²) >= 11 is 0. The van der Waals surface area contributed by atoms with Gasteiger partial charge in [0, 0.05) is 30.4 Å². The monoisotopic (exact) mass is 203 g/mol. The molecule has 1 aromatic heterocycles. The highest BCUT2D eigenvalue weighted by Crippen LogP contribution is 2.26. The molecule has 0 saturated carbocycles. The van der Waals surface area contributed by atoms with Crippen molar-refractivity contribution in [3.8, 4) is 0 Å². The predicted molar refractivity (Wildman–Crippen MR) is 59.8 cm³/mol. The Kier molecular flexibility index (Phi) is 2.22. The molecule has 0 radical (unpaired) electrons. The molecule has 3 heteroatoms. The smallest absolute Gasteiger partial charge is 0.0450 e. The molecule has 1 aromatic rings. The van der Waals surface area contributed by atoms with Crippen LogP contribution in [-0.4, -0.2) is 24.1 Å². The van der Waals surface area contributed by atoms with E-state index in [-0.39, 0.29) is 0 Å². The summed E-state index contributed by atoms with van der Waals surface area (Å²) in [4.78, 5) is 4.57. The second kappa shape index (κ2) is 3.58. The molecule has 3 N–H and O–H groups in total. The summed E-state index contributed by atoms with van der Waals surface area (Å²) in [5.74, 6) is 0.618. The first-order valence-corrected chi connectivity index (χ1v) is 5.77. The normalized spacial score (nSPS) is 29.4. The Hall–Kier alpha value is -0.930. The minimum absolute atomic E-state index is 0.318. The molecule has 2 aliphatic rings. The van der Waals surface area contributed by atoms with Gasteiger partial charge in [0.25, 0.3) is 0 Å². The van der Waals surface area contributed by atoms with Crippen LogP contribution in [0, 0.1) is 0 Å². The molecule has 2 atom stereocenters. The topological polar surface area (TPSA) is 50.9 Å². The van der Waals surface area contributed by atoms with Crippen molar-refractivity contribution in [2.24, 2.45) is 5.73 Å². The first-order chi connectivity index (χ1) is 7.33. The number of nitrogens with one attached hydrogen (secondary N) is 1. The van der Waals surface area contributed by atoms with Crippen molar-refractivity contribution < 1.29 is 0 Å². The summed E-state index contributed by atoms with van der Waals surface area (Å²) in [5, 5.41) is 3.38. The second-order valence-electron chi connectivity index (χ2n) is 4.74. The van der Waals surface area contributed by atoms with Crippen molar-refractivity contribution in [2.45, 2.75) is 31.2 Å². The number of rotatable bonds is 1. The van der Waals surface area contributed by atoms with E-state index in [9.17, 15) is 0 Å². The van der Waals surface area contributed by atoms with E-state index in [1.165, 1.54) is 23.2 Å². The SMILES string of the molecule is NC1Cc2cnc(C3CCNC3)cc2C1. The maximum Gasteiger partial charge on any atom is 0.0450 e. The van der Waals surface area contributed by atoms with Gasteiger partial charge in [-0.25, -0.2) is 0 Å². The Balaban J connectivity index is 1.89. The van der Waals surface area contributed by atoms with E-state index >= 15 is 0 Å². The molecule has 15 heavy (non-hydrogen) atoms. The van der Waals surface area contributed by atoms with E-state index in [0.29, 0.717) is 12.0 Å². The van der Waals surface area contributed by atoms with Gasteiger partial charge in [-0.3, -0.25) is 4.98 Å². The molecule has 0 bridgehead atoms. The van der Waals surface area contributed by atoms with Gasteiger partial charge in [-0.15, -0.1) is 0 Å². The van der Waals surface area contributed by atoms with Crippen molar-refractivity contribution in [1.29, 1.82) is 0 Å². The van der Waals surface area contributed by atoms with Crippen LogP contribution in [0.3, 0.4) is 0 Å². The van der Waals surface area contributed by atoms with Crippen molar-refractivity contribution >= 4 is 0 Å². The maximum atomic E-state index is 5.95. The second-order valence-corrected chi connectivity index (χ2v) is 4.74. The summed E-state index contributed by atoms with van der Waals surface area (Å²) in [6.07, 6.45) is 5.30. The van der Waals surface area contributed by atoms with Gasteiger partial charge in [-0.05, 0) is 43.0 Å². The van der Waals surface area contributed by atoms with Crippen LogP contribution in [-0.2, 0) is 12.8 Å². The summed E-state index contributed by atoms with van der Waals surface area (Å²) in [6, 6.07) is 2.60. The zero-order valence-corrected chi connectivity index (χ0v) is 8.87. The Morgan fingerprint density at radius 2 is 2.20 bits per heavy atom. The molecule has 2 unspecified atom stereocenters. The van der Waals surface area contributed by atoms with Crippen LogP contribution in [0.4, 0.5) is 0 Å². The highest BCUT2D eigenvalue weighted by molar-refractivity contribution is 5.34. The highest BCUT2D eigenvalue weighted by atomic mass is 14.9. The Labute approximate surface area is 90.1 Å². The van der Waals surface area contributed by atoms with Gasteiger partial charge >= 0.3 is 0 Å². The van der Waals surface area contributed by atoms with Crippen LogP contribution in [0.25, 0.3) is 0 Å². The van der Waals surface area contributed by atoms with Gasteiger partial charge in [-0.1, -0.05) is 0 Å². The number of hydrogen-bond acceptors (Lipinski definition) is 3. The van der Waals surface area contributed by atoms with E-state index in [1.807, 2.05) is 6.20 Å². The fraction of sp³-hybridized carbons (Fsp3) is 0.583. The van der Waals surface area contributed by atoms with E-state index in [4.69, 9.17) is 5.73 Å². The standard InChI is InChI=1S/C12H17N3/c13-11-3-9-5-12(8-1-2-14-6-8)15-7-10(9)4-11/h5,7-8,11,14H,1-4,6,13H2. The molecule has 1 aliphatic heterocycles. The van der Waals surface area contributed by atoms with Crippen LogP contribution in [0.5, 0.6) is 0 Å². The zero-order chi connectivity index (χ0) is 10.3. The third-order valence-electron chi connectivity index (χ3n) is 3.55. The van der Waals surface area contributed by atoms with Crippen LogP contribution in [0.2, 0.25) is 0 Å². The molecule has 1 fully saturated rings. The van der Waals surface area contributed by atoms with E-state index in [2.05, 4.69) is 16.4 Å². The molecule has 3 rings (SSSR count). The molecule has 80 valence electrons. The summed E-state index contributed by atoms with van der Waals surface area (Å²) < 4.78 is 0. The lowest BCUT2D eigenvalue weighted by molar-refractivity contribution is 0.720. The van der Waals surface area contributed by atoms with E-state index in [0.717, 1.165) is 25.9 Å². The quantitative estimate of drug-likeness (QED) is 0.702. The minimum Gasteiger partial charge on any atom is -0.327 e. The van der Waals surface area contributed by atoms with Crippen molar-refractivity contribution in [2.75, 3.05) is 13.1 Å². The van der Waals surface area contributed by atoms with Crippen LogP contribution < -0.4 is 11.1 Å². The zero-order valence-electron chi connectivity index (χ0n) is 8.87. The predicted octanol–water partition coefficient (Wildman–Crippen LogP) is 0.584. The minimum atomic E-state index is 0.318.